The second-order valence-corrected chi connectivity index (χ2v) is 4.57. The second kappa shape index (κ2) is 10.2. The Morgan fingerprint density at radius 2 is 1.40 bits per heavy atom. The van der Waals surface area contributed by atoms with E-state index in [4.69, 9.17) is 9.68 Å². The molecule has 0 saturated heterocycles. The van der Waals surface area contributed by atoms with Crippen LogP contribution in [0, 0.1) is 0 Å². The predicted octanol–water partition coefficient (Wildman–Crippen LogP) is 4.07. The van der Waals surface area contributed by atoms with Crippen LogP contribution in [-0.2, 0) is 4.65 Å². The molecular formula is C17H22BO2. The summed E-state index contributed by atoms with van der Waals surface area (Å²) in [6, 6.07) is 20.8. The molecule has 2 aromatic carbocycles. The molecule has 0 aromatic heterocycles. The van der Waals surface area contributed by atoms with E-state index in [2.05, 4.69) is 55.5 Å². The highest BCUT2D eigenvalue weighted by Crippen LogP contribution is 2.17. The summed E-state index contributed by atoms with van der Waals surface area (Å²) in [4.78, 5) is 0. The summed E-state index contributed by atoms with van der Waals surface area (Å²) in [7, 11) is 0.750. The maximum Gasteiger partial charge on any atom is 0.485 e. The van der Waals surface area contributed by atoms with Crippen molar-refractivity contribution in [1.29, 1.82) is 0 Å². The molecule has 2 rings (SSSR count). The molecule has 0 saturated carbocycles. The van der Waals surface area contributed by atoms with Crippen molar-refractivity contribution in [2.45, 2.75) is 32.8 Å². The number of rotatable bonds is 5. The van der Waals surface area contributed by atoms with Gasteiger partial charge in [-0.05, 0) is 24.5 Å². The molecule has 20 heavy (non-hydrogen) atoms. The molecule has 0 fully saturated rings. The van der Waals surface area contributed by atoms with E-state index < -0.39 is 0 Å². The molecule has 1 atom stereocenters. The maximum absolute atomic E-state index is 8.12. The highest BCUT2D eigenvalue weighted by atomic mass is 16.5. The van der Waals surface area contributed by atoms with E-state index in [0.29, 0.717) is 0 Å². The normalized spacial score (nSPS) is 11.2. The first-order chi connectivity index (χ1) is 9.77. The molecule has 0 aliphatic carbocycles. The van der Waals surface area contributed by atoms with Crippen LogP contribution in [0.5, 0.6) is 0 Å². The molecule has 1 radical (unpaired) electrons. The first-order valence-corrected chi connectivity index (χ1v) is 6.99. The molecule has 0 heterocycles. The van der Waals surface area contributed by atoms with Gasteiger partial charge < -0.3 is 9.68 Å². The van der Waals surface area contributed by atoms with Crippen molar-refractivity contribution >= 4 is 7.69 Å². The fourth-order valence-corrected chi connectivity index (χ4v) is 1.84. The van der Waals surface area contributed by atoms with E-state index in [0.717, 1.165) is 20.5 Å². The summed E-state index contributed by atoms with van der Waals surface area (Å²) >= 11 is 0. The van der Waals surface area contributed by atoms with Crippen molar-refractivity contribution in [3.05, 3.63) is 60.7 Å². The maximum atomic E-state index is 8.12. The summed E-state index contributed by atoms with van der Waals surface area (Å²) in [5, 5.41) is 8.12. The molecule has 0 aliphatic rings. The number of hydrogen-bond donors (Lipinski definition) is 1. The Balaban J connectivity index is 0.000000221. The lowest BCUT2D eigenvalue weighted by molar-refractivity contribution is 0.190. The SMILES string of the molecule is CCCC(C)O[B]O.c1ccc(-c2ccccc2)cc1. The molecule has 2 aromatic rings. The van der Waals surface area contributed by atoms with E-state index in [-0.39, 0.29) is 6.10 Å². The average molecular weight is 269 g/mol. The Hall–Kier alpha value is -1.58. The summed E-state index contributed by atoms with van der Waals surface area (Å²) < 4.78 is 4.71. The topological polar surface area (TPSA) is 29.5 Å². The van der Waals surface area contributed by atoms with Crippen molar-refractivity contribution in [3.8, 4) is 11.1 Å². The summed E-state index contributed by atoms with van der Waals surface area (Å²) in [5.41, 5.74) is 2.55. The summed E-state index contributed by atoms with van der Waals surface area (Å²) in [6.07, 6.45) is 2.25. The lowest BCUT2D eigenvalue weighted by Gasteiger charge is -2.06. The summed E-state index contributed by atoms with van der Waals surface area (Å²) in [6.45, 7) is 4.01. The zero-order valence-corrected chi connectivity index (χ0v) is 12.2. The lowest BCUT2D eigenvalue weighted by atomic mass is 10.1. The Morgan fingerprint density at radius 1 is 0.950 bits per heavy atom. The van der Waals surface area contributed by atoms with Gasteiger partial charge in [0.2, 0.25) is 0 Å². The van der Waals surface area contributed by atoms with E-state index in [9.17, 15) is 0 Å². The third-order valence-electron chi connectivity index (χ3n) is 2.87. The Labute approximate surface area is 122 Å². The van der Waals surface area contributed by atoms with Crippen molar-refractivity contribution in [3.63, 3.8) is 0 Å². The molecular weight excluding hydrogens is 247 g/mol. The monoisotopic (exact) mass is 269 g/mol. The number of hydrogen-bond acceptors (Lipinski definition) is 2. The van der Waals surface area contributed by atoms with E-state index in [1.54, 1.807) is 0 Å². The third-order valence-corrected chi connectivity index (χ3v) is 2.87. The van der Waals surface area contributed by atoms with Crippen LogP contribution in [0.2, 0.25) is 0 Å². The van der Waals surface area contributed by atoms with Gasteiger partial charge in [-0.3, -0.25) is 0 Å². The van der Waals surface area contributed by atoms with Gasteiger partial charge >= 0.3 is 7.69 Å². The second-order valence-electron chi connectivity index (χ2n) is 4.57. The van der Waals surface area contributed by atoms with Gasteiger partial charge in [0.15, 0.2) is 0 Å². The smallest absolute Gasteiger partial charge is 0.429 e. The van der Waals surface area contributed by atoms with Crippen LogP contribution in [-0.4, -0.2) is 18.8 Å². The van der Waals surface area contributed by atoms with Crippen molar-refractivity contribution in [1.82, 2.24) is 0 Å². The van der Waals surface area contributed by atoms with Gasteiger partial charge in [-0.25, -0.2) is 0 Å². The van der Waals surface area contributed by atoms with Crippen LogP contribution in [0.4, 0.5) is 0 Å². The lowest BCUT2D eigenvalue weighted by Crippen LogP contribution is -2.10. The molecule has 0 amide bonds. The first kappa shape index (κ1) is 16.5. The molecule has 2 nitrogen and oxygen atoms in total. The minimum absolute atomic E-state index is 0.157. The zero-order chi connectivity index (χ0) is 14.6. The van der Waals surface area contributed by atoms with Crippen molar-refractivity contribution < 1.29 is 9.68 Å². The van der Waals surface area contributed by atoms with Crippen LogP contribution in [0.3, 0.4) is 0 Å². The van der Waals surface area contributed by atoms with Crippen molar-refractivity contribution in [2.24, 2.45) is 0 Å². The van der Waals surface area contributed by atoms with Crippen LogP contribution < -0.4 is 0 Å². The minimum Gasteiger partial charge on any atom is -0.429 e. The molecule has 0 aliphatic heterocycles. The Kier molecular flexibility index (Phi) is 8.44. The van der Waals surface area contributed by atoms with Gasteiger partial charge in [-0.2, -0.15) is 0 Å². The third kappa shape index (κ3) is 6.55. The summed E-state index contributed by atoms with van der Waals surface area (Å²) in [5.74, 6) is 0. The van der Waals surface area contributed by atoms with Crippen LogP contribution in [0.15, 0.2) is 60.7 Å². The first-order valence-electron chi connectivity index (χ1n) is 6.99. The molecule has 105 valence electrons. The zero-order valence-electron chi connectivity index (χ0n) is 12.2. The molecule has 0 bridgehead atoms. The fourth-order valence-electron chi connectivity index (χ4n) is 1.84. The van der Waals surface area contributed by atoms with Gasteiger partial charge in [-0.15, -0.1) is 0 Å². The van der Waals surface area contributed by atoms with E-state index >= 15 is 0 Å². The largest absolute Gasteiger partial charge is 0.485 e. The average Bonchev–Trinajstić information content (AvgIpc) is 2.50. The molecule has 3 heteroatoms. The highest BCUT2D eigenvalue weighted by molar-refractivity contribution is 6.15. The minimum atomic E-state index is 0.157. The molecule has 1 unspecified atom stereocenters. The van der Waals surface area contributed by atoms with Gasteiger partial charge in [-0.1, -0.05) is 74.0 Å². The number of benzene rings is 2. The molecule has 0 spiro atoms. The highest BCUT2D eigenvalue weighted by Gasteiger charge is 1.98. The van der Waals surface area contributed by atoms with Crippen molar-refractivity contribution in [2.75, 3.05) is 0 Å². The van der Waals surface area contributed by atoms with E-state index in [1.165, 1.54) is 11.1 Å². The Morgan fingerprint density at radius 3 is 1.75 bits per heavy atom. The van der Waals surface area contributed by atoms with Crippen LogP contribution in [0.25, 0.3) is 11.1 Å². The van der Waals surface area contributed by atoms with Crippen LogP contribution in [0.1, 0.15) is 26.7 Å². The fraction of sp³-hybridized carbons (Fsp3) is 0.294. The van der Waals surface area contributed by atoms with Crippen LogP contribution >= 0.6 is 0 Å². The van der Waals surface area contributed by atoms with Gasteiger partial charge in [0.25, 0.3) is 0 Å². The van der Waals surface area contributed by atoms with E-state index in [1.807, 2.05) is 19.1 Å². The quantitative estimate of drug-likeness (QED) is 0.829. The standard InChI is InChI=1S/C12H10.C5H12BO2/c1-3-7-11(8-4-1)12-9-5-2-6-10-12;1-3-4-5(2)8-6-7/h1-10H;5,7H,3-4H2,1-2H3. The van der Waals surface area contributed by atoms with Gasteiger partial charge in [0, 0.05) is 6.10 Å². The molecule has 1 N–H and O–H groups in total. The van der Waals surface area contributed by atoms with Gasteiger partial charge in [0.05, 0.1) is 0 Å². The Bertz CT molecular complexity index is 402. The predicted molar refractivity (Wildman–Crippen MR) is 85.3 cm³/mol. The van der Waals surface area contributed by atoms with Gasteiger partial charge in [0.1, 0.15) is 0 Å².